The van der Waals surface area contributed by atoms with Crippen molar-refractivity contribution in [1.82, 2.24) is 4.90 Å². The molecule has 1 aliphatic heterocycles. The van der Waals surface area contributed by atoms with Crippen molar-refractivity contribution in [2.75, 3.05) is 13.6 Å². The minimum atomic E-state index is -0.928. The number of hydrogen-bond acceptors (Lipinski definition) is 3. The molecule has 0 spiro atoms. The number of hydrogen-bond donors (Lipinski definition) is 1. The summed E-state index contributed by atoms with van der Waals surface area (Å²) < 4.78 is 1.07. The summed E-state index contributed by atoms with van der Waals surface area (Å²) in [4.78, 5) is 14.0. The first-order valence-electron chi connectivity index (χ1n) is 6.38. The minimum absolute atomic E-state index is 0.745. The Bertz CT molecular complexity index is 720. The summed E-state index contributed by atoms with van der Waals surface area (Å²) in [6, 6.07) is 4.03. The highest BCUT2D eigenvalue weighted by molar-refractivity contribution is 7.20. The van der Waals surface area contributed by atoms with E-state index in [9.17, 15) is 4.79 Å². The molecule has 0 atom stereocenters. The maximum Gasteiger partial charge on any atom is 0.328 e. The van der Waals surface area contributed by atoms with Crippen molar-refractivity contribution in [3.8, 4) is 0 Å². The number of likely N-dealkylation sites (N-methyl/N-ethyl adjacent to an activating group) is 1. The number of carbonyl (C=O) groups is 1. The highest BCUT2D eigenvalue weighted by Gasteiger charge is 2.20. The van der Waals surface area contributed by atoms with Gasteiger partial charge in [-0.1, -0.05) is 17.7 Å². The third-order valence-electron chi connectivity index (χ3n) is 3.58. The second kappa shape index (κ2) is 5.20. The van der Waals surface area contributed by atoms with Gasteiger partial charge in [0.25, 0.3) is 0 Å². The highest BCUT2D eigenvalue weighted by Crippen LogP contribution is 2.40. The summed E-state index contributed by atoms with van der Waals surface area (Å²) >= 11 is 7.88. The molecule has 1 aromatic carbocycles. The van der Waals surface area contributed by atoms with Crippen molar-refractivity contribution < 1.29 is 9.90 Å². The van der Waals surface area contributed by atoms with E-state index < -0.39 is 5.97 Å². The van der Waals surface area contributed by atoms with Crippen molar-refractivity contribution in [3.63, 3.8) is 0 Å². The van der Waals surface area contributed by atoms with Crippen molar-refractivity contribution in [3.05, 3.63) is 39.2 Å². The average Bonchev–Trinajstić information content (AvgIpc) is 2.66. The standard InChI is InChI=1S/C15H14ClNO2S/c1-17-7-6-9-2-3-11(16)15-14(9)10(8-17)12(20-15)4-5-13(18)19/h2-5H,6-8H2,1H3,(H,18,19)/b5-4+. The van der Waals surface area contributed by atoms with Crippen LogP contribution >= 0.6 is 22.9 Å². The minimum Gasteiger partial charge on any atom is -0.478 e. The van der Waals surface area contributed by atoms with Crippen LogP contribution in [-0.4, -0.2) is 29.6 Å². The van der Waals surface area contributed by atoms with Gasteiger partial charge in [-0.25, -0.2) is 4.79 Å². The van der Waals surface area contributed by atoms with Gasteiger partial charge in [-0.2, -0.15) is 0 Å². The summed E-state index contributed by atoms with van der Waals surface area (Å²) in [7, 11) is 2.08. The smallest absolute Gasteiger partial charge is 0.328 e. The zero-order valence-corrected chi connectivity index (χ0v) is 12.6. The van der Waals surface area contributed by atoms with E-state index in [1.165, 1.54) is 22.6 Å². The monoisotopic (exact) mass is 307 g/mol. The predicted octanol–water partition coefficient (Wildman–Crippen LogP) is 3.64. The van der Waals surface area contributed by atoms with E-state index in [-0.39, 0.29) is 0 Å². The molecule has 2 aromatic rings. The van der Waals surface area contributed by atoms with Gasteiger partial charge in [-0.3, -0.25) is 0 Å². The normalized spacial score (nSPS) is 15.9. The molecule has 0 radical (unpaired) electrons. The lowest BCUT2D eigenvalue weighted by Gasteiger charge is -2.13. The van der Waals surface area contributed by atoms with Gasteiger partial charge in [0.05, 0.1) is 9.72 Å². The molecule has 104 valence electrons. The van der Waals surface area contributed by atoms with Crippen molar-refractivity contribution >= 4 is 45.1 Å². The topological polar surface area (TPSA) is 40.5 Å². The lowest BCUT2D eigenvalue weighted by atomic mass is 10.0. The van der Waals surface area contributed by atoms with Crippen molar-refractivity contribution in [2.24, 2.45) is 0 Å². The third kappa shape index (κ3) is 2.35. The molecule has 1 aliphatic rings. The molecular weight excluding hydrogens is 294 g/mol. The van der Waals surface area contributed by atoms with Gasteiger partial charge in [0.15, 0.2) is 0 Å². The number of carboxylic acids is 1. The summed E-state index contributed by atoms with van der Waals surface area (Å²) in [5, 5.41) is 10.8. The first kappa shape index (κ1) is 13.6. The number of thiophene rings is 1. The van der Waals surface area contributed by atoms with Gasteiger partial charge in [0, 0.05) is 29.4 Å². The van der Waals surface area contributed by atoms with Crippen LogP contribution in [0.1, 0.15) is 16.0 Å². The van der Waals surface area contributed by atoms with E-state index in [1.54, 1.807) is 17.4 Å². The van der Waals surface area contributed by atoms with Gasteiger partial charge in [-0.15, -0.1) is 11.3 Å². The van der Waals surface area contributed by atoms with Crippen LogP contribution in [-0.2, 0) is 17.8 Å². The number of halogens is 1. The third-order valence-corrected chi connectivity index (χ3v) is 5.23. The first-order chi connectivity index (χ1) is 9.56. The van der Waals surface area contributed by atoms with Gasteiger partial charge >= 0.3 is 5.97 Å². The van der Waals surface area contributed by atoms with E-state index in [4.69, 9.17) is 16.7 Å². The Morgan fingerprint density at radius 1 is 1.50 bits per heavy atom. The molecule has 0 amide bonds. The summed E-state index contributed by atoms with van der Waals surface area (Å²) in [6.07, 6.45) is 3.87. The maximum atomic E-state index is 10.7. The van der Waals surface area contributed by atoms with E-state index in [0.717, 1.165) is 34.1 Å². The van der Waals surface area contributed by atoms with Crippen LogP contribution in [0, 0.1) is 0 Å². The largest absolute Gasteiger partial charge is 0.478 e. The Labute approximate surface area is 126 Å². The zero-order chi connectivity index (χ0) is 14.3. The Balaban J connectivity index is 2.26. The average molecular weight is 308 g/mol. The molecule has 2 heterocycles. The van der Waals surface area contributed by atoms with Gasteiger partial charge in [-0.05, 0) is 36.7 Å². The van der Waals surface area contributed by atoms with E-state index in [2.05, 4.69) is 18.0 Å². The summed E-state index contributed by atoms with van der Waals surface area (Å²) in [5.74, 6) is -0.928. The SMILES string of the molecule is CN1CCc2ccc(Cl)c3sc(/C=C/C(=O)O)c(c23)C1. The number of rotatable bonds is 2. The second-order valence-electron chi connectivity index (χ2n) is 5.01. The zero-order valence-electron chi connectivity index (χ0n) is 11.0. The Morgan fingerprint density at radius 3 is 3.05 bits per heavy atom. The van der Waals surface area contributed by atoms with E-state index >= 15 is 0 Å². The number of carboxylic acid groups (broad SMARTS) is 1. The fourth-order valence-corrected chi connectivity index (χ4v) is 4.07. The van der Waals surface area contributed by atoms with E-state index in [0.29, 0.717) is 0 Å². The number of aliphatic carboxylic acids is 1. The lowest BCUT2D eigenvalue weighted by molar-refractivity contribution is -0.131. The lowest BCUT2D eigenvalue weighted by Crippen LogP contribution is -2.18. The molecule has 20 heavy (non-hydrogen) atoms. The molecule has 0 saturated carbocycles. The van der Waals surface area contributed by atoms with Gasteiger partial charge < -0.3 is 10.0 Å². The van der Waals surface area contributed by atoms with Crippen LogP contribution < -0.4 is 0 Å². The van der Waals surface area contributed by atoms with Gasteiger partial charge in [0.2, 0.25) is 0 Å². The predicted molar refractivity (Wildman–Crippen MR) is 83.5 cm³/mol. The van der Waals surface area contributed by atoms with Crippen LogP contribution in [0.4, 0.5) is 0 Å². The van der Waals surface area contributed by atoms with E-state index in [1.807, 2.05) is 6.07 Å². The van der Waals surface area contributed by atoms with Crippen LogP contribution in [0.5, 0.6) is 0 Å². The summed E-state index contributed by atoms with van der Waals surface area (Å²) in [6.45, 7) is 1.82. The van der Waals surface area contributed by atoms with Crippen LogP contribution in [0.3, 0.4) is 0 Å². The fraction of sp³-hybridized carbons (Fsp3) is 0.267. The fourth-order valence-electron chi connectivity index (χ4n) is 2.63. The highest BCUT2D eigenvalue weighted by atomic mass is 35.5. The Hall–Kier alpha value is -1.36. The molecule has 0 fully saturated rings. The Morgan fingerprint density at radius 2 is 2.30 bits per heavy atom. The molecule has 5 heteroatoms. The molecule has 3 rings (SSSR count). The first-order valence-corrected chi connectivity index (χ1v) is 7.58. The summed E-state index contributed by atoms with van der Waals surface area (Å²) in [5.41, 5.74) is 2.50. The maximum absolute atomic E-state index is 10.7. The molecule has 0 aliphatic carbocycles. The quantitative estimate of drug-likeness (QED) is 0.861. The van der Waals surface area contributed by atoms with Crippen molar-refractivity contribution in [2.45, 2.75) is 13.0 Å². The number of nitrogens with zero attached hydrogens (tertiary/aromatic N) is 1. The van der Waals surface area contributed by atoms with Crippen molar-refractivity contribution in [1.29, 1.82) is 0 Å². The van der Waals surface area contributed by atoms with Crippen LogP contribution in [0.25, 0.3) is 16.2 Å². The molecule has 1 aromatic heterocycles. The van der Waals surface area contributed by atoms with Crippen LogP contribution in [0.15, 0.2) is 18.2 Å². The number of benzene rings is 1. The molecule has 0 saturated heterocycles. The van der Waals surface area contributed by atoms with Crippen LogP contribution in [0.2, 0.25) is 5.02 Å². The Kier molecular flexibility index (Phi) is 3.54. The molecule has 0 unspecified atom stereocenters. The molecule has 1 N–H and O–H groups in total. The molecule has 0 bridgehead atoms. The molecular formula is C15H14ClNO2S. The second-order valence-corrected chi connectivity index (χ2v) is 6.47. The molecule has 3 nitrogen and oxygen atoms in total. The van der Waals surface area contributed by atoms with Gasteiger partial charge in [0.1, 0.15) is 0 Å².